The van der Waals surface area contributed by atoms with Gasteiger partial charge in [-0.1, -0.05) is 31.0 Å². The lowest BCUT2D eigenvalue weighted by molar-refractivity contribution is 0.125. The second kappa shape index (κ2) is 9.37. The largest absolute Gasteiger partial charge is 0.314 e. The van der Waals surface area contributed by atoms with Crippen LogP contribution < -0.4 is 5.32 Å². The number of nitrogens with zero attached hydrogens (tertiary/aromatic N) is 2. The van der Waals surface area contributed by atoms with E-state index >= 15 is 0 Å². The minimum absolute atomic E-state index is 0. The van der Waals surface area contributed by atoms with E-state index in [0.29, 0.717) is 6.04 Å². The number of halogens is 2. The molecule has 1 aromatic rings. The van der Waals surface area contributed by atoms with Crippen molar-refractivity contribution in [2.24, 2.45) is 5.92 Å². The van der Waals surface area contributed by atoms with Gasteiger partial charge in [0.2, 0.25) is 0 Å². The summed E-state index contributed by atoms with van der Waals surface area (Å²) in [6.07, 6.45) is 5.33. The summed E-state index contributed by atoms with van der Waals surface area (Å²) in [5.74, 6) is 0.725. The van der Waals surface area contributed by atoms with Crippen molar-refractivity contribution in [1.82, 2.24) is 10.2 Å². The molecule has 1 heterocycles. The molecule has 0 bridgehead atoms. The van der Waals surface area contributed by atoms with Crippen molar-refractivity contribution in [2.75, 3.05) is 26.2 Å². The van der Waals surface area contributed by atoms with Gasteiger partial charge in [-0.3, -0.25) is 4.90 Å². The fourth-order valence-electron chi connectivity index (χ4n) is 3.84. The van der Waals surface area contributed by atoms with Gasteiger partial charge in [0.15, 0.2) is 0 Å². The third-order valence-corrected chi connectivity index (χ3v) is 4.79. The first-order chi connectivity index (χ1) is 9.90. The Labute approximate surface area is 145 Å². The van der Waals surface area contributed by atoms with Crippen LogP contribution in [0.5, 0.6) is 0 Å². The first kappa shape index (κ1) is 19.3. The molecule has 3 nitrogen and oxygen atoms in total. The molecule has 122 valence electrons. The summed E-state index contributed by atoms with van der Waals surface area (Å²) in [6, 6.07) is 11.0. The lowest BCUT2D eigenvalue weighted by Gasteiger charge is -2.39. The molecule has 1 saturated carbocycles. The number of hydrogen-bond donors (Lipinski definition) is 1. The number of rotatable bonds is 3. The number of nitrogens with one attached hydrogen (secondary N) is 1. The normalized spacial score (nSPS) is 20.5. The van der Waals surface area contributed by atoms with E-state index in [9.17, 15) is 5.26 Å². The maximum Gasteiger partial charge on any atom is 0.0995 e. The number of hydrogen-bond acceptors (Lipinski definition) is 3. The van der Waals surface area contributed by atoms with Gasteiger partial charge < -0.3 is 5.32 Å². The van der Waals surface area contributed by atoms with Gasteiger partial charge in [0, 0.05) is 32.2 Å². The average molecular weight is 342 g/mol. The van der Waals surface area contributed by atoms with E-state index in [4.69, 9.17) is 0 Å². The maximum atomic E-state index is 9.43. The molecule has 0 unspecified atom stereocenters. The van der Waals surface area contributed by atoms with E-state index in [2.05, 4.69) is 28.4 Å². The van der Waals surface area contributed by atoms with Crippen molar-refractivity contribution in [2.45, 2.75) is 31.7 Å². The second-order valence-corrected chi connectivity index (χ2v) is 5.97. The van der Waals surface area contributed by atoms with Gasteiger partial charge in [-0.25, -0.2) is 0 Å². The zero-order valence-corrected chi connectivity index (χ0v) is 14.5. The number of nitriles is 1. The Bertz CT molecular complexity index is 489. The summed E-state index contributed by atoms with van der Waals surface area (Å²) in [5.41, 5.74) is 2.12. The van der Waals surface area contributed by atoms with E-state index in [1.165, 1.54) is 31.2 Å². The Hall–Kier alpha value is -0.790. The summed E-state index contributed by atoms with van der Waals surface area (Å²) in [7, 11) is 0. The highest BCUT2D eigenvalue weighted by Crippen LogP contribution is 2.40. The zero-order valence-electron chi connectivity index (χ0n) is 12.8. The van der Waals surface area contributed by atoms with Crippen LogP contribution >= 0.6 is 24.8 Å². The Morgan fingerprint density at radius 3 is 2.36 bits per heavy atom. The van der Waals surface area contributed by atoms with Crippen molar-refractivity contribution in [3.8, 4) is 6.07 Å². The lowest BCUT2D eigenvalue weighted by atomic mass is 9.87. The molecule has 1 N–H and O–H groups in total. The van der Waals surface area contributed by atoms with Crippen LogP contribution in [-0.2, 0) is 0 Å². The molecule has 2 fully saturated rings. The molecule has 1 aromatic carbocycles. The van der Waals surface area contributed by atoms with Crippen molar-refractivity contribution in [3.63, 3.8) is 0 Å². The Balaban J connectivity index is 0.00000121. The Kier molecular flexibility index (Phi) is 8.20. The van der Waals surface area contributed by atoms with Crippen LogP contribution in [0.15, 0.2) is 24.3 Å². The van der Waals surface area contributed by atoms with Crippen LogP contribution in [-0.4, -0.2) is 31.1 Å². The highest BCUT2D eigenvalue weighted by Gasteiger charge is 2.32. The highest BCUT2D eigenvalue weighted by molar-refractivity contribution is 5.85. The minimum atomic E-state index is 0. The van der Waals surface area contributed by atoms with Crippen molar-refractivity contribution in [3.05, 3.63) is 35.4 Å². The SMILES string of the molecule is Cl.Cl.N#Cc1ccccc1[C@H](C1CCCC1)N1CCNCC1. The molecule has 1 aliphatic heterocycles. The molecule has 0 radical (unpaired) electrons. The van der Waals surface area contributed by atoms with Crippen LogP contribution in [0, 0.1) is 17.2 Å². The van der Waals surface area contributed by atoms with E-state index in [-0.39, 0.29) is 24.8 Å². The quantitative estimate of drug-likeness (QED) is 0.913. The van der Waals surface area contributed by atoms with Crippen molar-refractivity contribution >= 4 is 24.8 Å². The summed E-state index contributed by atoms with van der Waals surface area (Å²) < 4.78 is 0. The van der Waals surface area contributed by atoms with Crippen molar-refractivity contribution < 1.29 is 0 Å². The Morgan fingerprint density at radius 2 is 1.73 bits per heavy atom. The molecule has 2 aliphatic rings. The van der Waals surface area contributed by atoms with Crippen LogP contribution in [0.1, 0.15) is 42.9 Å². The topological polar surface area (TPSA) is 39.1 Å². The van der Waals surface area contributed by atoms with Crippen LogP contribution in [0.25, 0.3) is 0 Å². The van der Waals surface area contributed by atoms with Gasteiger partial charge >= 0.3 is 0 Å². The molecule has 1 atom stereocenters. The predicted molar refractivity (Wildman–Crippen MR) is 94.8 cm³/mol. The summed E-state index contributed by atoms with van der Waals surface area (Å²) in [6.45, 7) is 4.33. The molecule has 5 heteroatoms. The van der Waals surface area contributed by atoms with E-state index in [1.807, 2.05) is 12.1 Å². The van der Waals surface area contributed by atoms with Gasteiger partial charge in [0.25, 0.3) is 0 Å². The van der Waals surface area contributed by atoms with Gasteiger partial charge in [-0.05, 0) is 30.4 Å². The predicted octanol–water partition coefficient (Wildman–Crippen LogP) is 3.54. The third kappa shape index (κ3) is 4.14. The van der Waals surface area contributed by atoms with Gasteiger partial charge in [0.05, 0.1) is 11.6 Å². The molecule has 1 saturated heterocycles. The molecular formula is C17H25Cl2N3. The zero-order chi connectivity index (χ0) is 13.8. The fraction of sp³-hybridized carbons (Fsp3) is 0.588. The lowest BCUT2D eigenvalue weighted by Crippen LogP contribution is -2.46. The standard InChI is InChI=1S/C17H23N3.2ClH/c18-13-15-7-3-4-8-16(15)17(14-5-1-2-6-14)20-11-9-19-10-12-20;;/h3-4,7-8,14,17,19H,1-2,5-6,9-12H2;2*1H/t17-;;/m0../s1. The van der Waals surface area contributed by atoms with Gasteiger partial charge in [0.1, 0.15) is 0 Å². The maximum absolute atomic E-state index is 9.43. The molecule has 0 aromatic heterocycles. The molecular weight excluding hydrogens is 317 g/mol. The summed E-state index contributed by atoms with van der Waals surface area (Å²) in [4.78, 5) is 2.60. The number of benzene rings is 1. The summed E-state index contributed by atoms with van der Waals surface area (Å²) in [5, 5.41) is 12.9. The molecule has 1 aliphatic carbocycles. The van der Waals surface area contributed by atoms with E-state index < -0.39 is 0 Å². The Morgan fingerprint density at radius 1 is 1.09 bits per heavy atom. The fourth-order valence-corrected chi connectivity index (χ4v) is 3.84. The first-order valence-corrected chi connectivity index (χ1v) is 7.84. The molecule has 0 spiro atoms. The number of piperazine rings is 1. The molecule has 0 amide bonds. The highest BCUT2D eigenvalue weighted by atomic mass is 35.5. The third-order valence-electron chi connectivity index (χ3n) is 4.79. The van der Waals surface area contributed by atoms with Crippen molar-refractivity contribution in [1.29, 1.82) is 5.26 Å². The monoisotopic (exact) mass is 341 g/mol. The average Bonchev–Trinajstić information content (AvgIpc) is 3.03. The van der Waals surface area contributed by atoms with Crippen LogP contribution in [0.4, 0.5) is 0 Å². The van der Waals surface area contributed by atoms with Gasteiger partial charge in [-0.15, -0.1) is 24.8 Å². The minimum Gasteiger partial charge on any atom is -0.314 e. The summed E-state index contributed by atoms with van der Waals surface area (Å²) >= 11 is 0. The molecule has 22 heavy (non-hydrogen) atoms. The van der Waals surface area contributed by atoms with E-state index in [1.54, 1.807) is 0 Å². The first-order valence-electron chi connectivity index (χ1n) is 7.84. The van der Waals surface area contributed by atoms with Gasteiger partial charge in [-0.2, -0.15) is 5.26 Å². The second-order valence-electron chi connectivity index (χ2n) is 5.97. The van der Waals surface area contributed by atoms with Crippen LogP contribution in [0.3, 0.4) is 0 Å². The van der Waals surface area contributed by atoms with Crippen LogP contribution in [0.2, 0.25) is 0 Å². The molecule has 3 rings (SSSR count). The smallest absolute Gasteiger partial charge is 0.0995 e. The van der Waals surface area contributed by atoms with E-state index in [0.717, 1.165) is 37.7 Å².